The molecule has 1 aromatic rings. The van der Waals surface area contributed by atoms with Crippen molar-refractivity contribution in [3.8, 4) is 0 Å². The van der Waals surface area contributed by atoms with Crippen LogP contribution in [0.2, 0.25) is 5.02 Å². The summed E-state index contributed by atoms with van der Waals surface area (Å²) in [4.78, 5) is 23.0. The number of aliphatic carboxylic acids is 1. The molecule has 0 aliphatic carbocycles. The fraction of sp³-hybridized carbons (Fsp3) is 0.417. The Kier molecular flexibility index (Phi) is 4.01. The standard InChI is InChI=1S/C12H13ClN2O4/c13-10-2-1-9(11(4-10)15(18)19)7-14-5-8(6-14)3-12(16)17/h1-2,4,8H,3,5-7H2,(H,16,17). The van der Waals surface area contributed by atoms with Crippen LogP contribution in [0.1, 0.15) is 12.0 Å². The molecule has 1 N–H and O–H groups in total. The highest BCUT2D eigenvalue weighted by Crippen LogP contribution is 2.27. The zero-order valence-electron chi connectivity index (χ0n) is 10.1. The van der Waals surface area contributed by atoms with Crippen LogP contribution in [0, 0.1) is 16.0 Å². The zero-order chi connectivity index (χ0) is 14.0. The lowest BCUT2D eigenvalue weighted by Gasteiger charge is -2.38. The monoisotopic (exact) mass is 284 g/mol. The topological polar surface area (TPSA) is 83.7 Å². The van der Waals surface area contributed by atoms with Crippen LogP contribution in [0.3, 0.4) is 0 Å². The van der Waals surface area contributed by atoms with Crippen LogP contribution in [0.5, 0.6) is 0 Å². The van der Waals surface area contributed by atoms with Gasteiger partial charge in [-0.1, -0.05) is 11.6 Å². The largest absolute Gasteiger partial charge is 0.481 e. The van der Waals surface area contributed by atoms with Crippen LogP contribution in [0.15, 0.2) is 18.2 Å². The molecule has 6 nitrogen and oxygen atoms in total. The van der Waals surface area contributed by atoms with E-state index in [1.807, 2.05) is 4.90 Å². The van der Waals surface area contributed by atoms with Crippen molar-refractivity contribution in [3.05, 3.63) is 38.9 Å². The Hall–Kier alpha value is -1.66. The Labute approximate surface area is 114 Å². The van der Waals surface area contributed by atoms with Crippen molar-refractivity contribution >= 4 is 23.3 Å². The minimum absolute atomic E-state index is 0.00850. The van der Waals surface area contributed by atoms with Gasteiger partial charge in [0.15, 0.2) is 0 Å². The Morgan fingerprint density at radius 3 is 2.79 bits per heavy atom. The molecule has 1 aliphatic heterocycles. The van der Waals surface area contributed by atoms with Crippen LogP contribution in [-0.2, 0) is 11.3 Å². The van der Waals surface area contributed by atoms with E-state index < -0.39 is 10.9 Å². The van der Waals surface area contributed by atoms with Gasteiger partial charge >= 0.3 is 5.97 Å². The molecule has 0 radical (unpaired) electrons. The predicted molar refractivity (Wildman–Crippen MR) is 69.1 cm³/mol. The number of nitro groups is 1. The maximum atomic E-state index is 10.9. The molecular weight excluding hydrogens is 272 g/mol. The number of halogens is 1. The quantitative estimate of drug-likeness (QED) is 0.661. The molecule has 1 fully saturated rings. The lowest BCUT2D eigenvalue weighted by Crippen LogP contribution is -2.46. The van der Waals surface area contributed by atoms with E-state index >= 15 is 0 Å². The summed E-state index contributed by atoms with van der Waals surface area (Å²) in [5, 5.41) is 19.9. The summed E-state index contributed by atoms with van der Waals surface area (Å²) in [6.07, 6.45) is 0.152. The number of carbonyl (C=O) groups is 1. The molecular formula is C12H13ClN2O4. The van der Waals surface area contributed by atoms with Crippen molar-refractivity contribution in [2.45, 2.75) is 13.0 Å². The predicted octanol–water partition coefficient (Wildman–Crippen LogP) is 2.15. The summed E-state index contributed by atoms with van der Waals surface area (Å²) in [5.41, 5.74) is 0.609. The van der Waals surface area contributed by atoms with E-state index in [1.54, 1.807) is 12.1 Å². The SMILES string of the molecule is O=C(O)CC1CN(Cc2ccc(Cl)cc2[N+](=O)[O-])C1. The third kappa shape index (κ3) is 3.42. The first kappa shape index (κ1) is 13.8. The van der Waals surface area contributed by atoms with E-state index in [4.69, 9.17) is 16.7 Å². The molecule has 19 heavy (non-hydrogen) atoms. The zero-order valence-corrected chi connectivity index (χ0v) is 10.8. The normalized spacial score (nSPS) is 16.1. The van der Waals surface area contributed by atoms with Gasteiger partial charge in [0.2, 0.25) is 0 Å². The molecule has 2 rings (SSSR count). The van der Waals surface area contributed by atoms with Gasteiger partial charge in [0.05, 0.1) is 11.3 Å². The van der Waals surface area contributed by atoms with Crippen molar-refractivity contribution in [2.75, 3.05) is 13.1 Å². The van der Waals surface area contributed by atoms with Gasteiger partial charge < -0.3 is 5.11 Å². The van der Waals surface area contributed by atoms with Gasteiger partial charge in [-0.15, -0.1) is 0 Å². The second-order valence-electron chi connectivity index (χ2n) is 4.69. The van der Waals surface area contributed by atoms with Gasteiger partial charge in [-0.3, -0.25) is 19.8 Å². The summed E-state index contributed by atoms with van der Waals surface area (Å²) in [6, 6.07) is 4.61. The third-order valence-corrected chi connectivity index (χ3v) is 3.37. The fourth-order valence-electron chi connectivity index (χ4n) is 2.26. The Balaban J connectivity index is 1.98. The van der Waals surface area contributed by atoms with Crippen LogP contribution in [-0.4, -0.2) is 34.0 Å². The Morgan fingerprint density at radius 2 is 2.21 bits per heavy atom. The molecule has 0 amide bonds. The fourth-order valence-corrected chi connectivity index (χ4v) is 2.43. The number of benzene rings is 1. The molecule has 0 bridgehead atoms. The van der Waals surface area contributed by atoms with Gasteiger partial charge in [0, 0.05) is 36.3 Å². The van der Waals surface area contributed by atoms with Gasteiger partial charge in [-0.2, -0.15) is 0 Å². The number of nitro benzene ring substituents is 1. The van der Waals surface area contributed by atoms with E-state index in [1.165, 1.54) is 6.07 Å². The molecule has 0 unspecified atom stereocenters. The Morgan fingerprint density at radius 1 is 1.53 bits per heavy atom. The molecule has 102 valence electrons. The van der Waals surface area contributed by atoms with Gasteiger partial charge in [-0.25, -0.2) is 0 Å². The van der Waals surface area contributed by atoms with E-state index in [0.29, 0.717) is 30.2 Å². The van der Waals surface area contributed by atoms with Crippen molar-refractivity contribution in [1.29, 1.82) is 0 Å². The Bertz CT molecular complexity index is 514. The minimum atomic E-state index is -0.804. The van der Waals surface area contributed by atoms with Gasteiger partial charge in [0.1, 0.15) is 0 Å². The first-order chi connectivity index (χ1) is 8.95. The average molecular weight is 285 g/mol. The number of carboxylic acids is 1. The maximum absolute atomic E-state index is 10.9. The first-order valence-electron chi connectivity index (χ1n) is 5.82. The molecule has 0 aromatic heterocycles. The number of rotatable bonds is 5. The highest BCUT2D eigenvalue weighted by Gasteiger charge is 2.29. The second-order valence-corrected chi connectivity index (χ2v) is 5.12. The maximum Gasteiger partial charge on any atom is 0.303 e. The molecule has 0 spiro atoms. The van der Waals surface area contributed by atoms with Crippen molar-refractivity contribution in [3.63, 3.8) is 0 Å². The molecule has 0 saturated carbocycles. The molecule has 1 heterocycles. The number of carboxylic acid groups (broad SMARTS) is 1. The van der Waals surface area contributed by atoms with Crippen LogP contribution in [0.25, 0.3) is 0 Å². The van der Waals surface area contributed by atoms with E-state index in [0.717, 1.165) is 0 Å². The smallest absolute Gasteiger partial charge is 0.303 e. The van der Waals surface area contributed by atoms with E-state index in [-0.39, 0.29) is 18.0 Å². The number of hydrogen-bond acceptors (Lipinski definition) is 4. The van der Waals surface area contributed by atoms with Crippen molar-refractivity contribution in [2.24, 2.45) is 5.92 Å². The van der Waals surface area contributed by atoms with Crippen LogP contribution in [0.4, 0.5) is 5.69 Å². The summed E-state index contributed by atoms with van der Waals surface area (Å²) in [6.45, 7) is 1.77. The van der Waals surface area contributed by atoms with Gasteiger partial charge in [-0.05, 0) is 18.1 Å². The van der Waals surface area contributed by atoms with Crippen molar-refractivity contribution < 1.29 is 14.8 Å². The highest BCUT2D eigenvalue weighted by molar-refractivity contribution is 6.30. The second kappa shape index (κ2) is 5.54. The summed E-state index contributed by atoms with van der Waals surface area (Å²) in [7, 11) is 0. The summed E-state index contributed by atoms with van der Waals surface area (Å²) < 4.78 is 0. The molecule has 0 atom stereocenters. The molecule has 1 aliphatic rings. The summed E-state index contributed by atoms with van der Waals surface area (Å²) in [5.74, 6) is -0.661. The number of nitrogens with zero attached hydrogens (tertiary/aromatic N) is 2. The lowest BCUT2D eigenvalue weighted by atomic mass is 9.95. The van der Waals surface area contributed by atoms with Crippen LogP contribution < -0.4 is 0 Å². The number of hydrogen-bond donors (Lipinski definition) is 1. The highest BCUT2D eigenvalue weighted by atomic mass is 35.5. The lowest BCUT2D eigenvalue weighted by molar-refractivity contribution is -0.385. The number of likely N-dealkylation sites (tertiary alicyclic amines) is 1. The third-order valence-electron chi connectivity index (χ3n) is 3.13. The minimum Gasteiger partial charge on any atom is -0.481 e. The molecule has 1 aromatic carbocycles. The van der Waals surface area contributed by atoms with Crippen molar-refractivity contribution in [1.82, 2.24) is 4.90 Å². The molecule has 7 heteroatoms. The van der Waals surface area contributed by atoms with Gasteiger partial charge in [0.25, 0.3) is 5.69 Å². The van der Waals surface area contributed by atoms with E-state index in [2.05, 4.69) is 0 Å². The summed E-state index contributed by atoms with van der Waals surface area (Å²) >= 11 is 5.74. The first-order valence-corrected chi connectivity index (χ1v) is 6.20. The molecule has 1 saturated heterocycles. The van der Waals surface area contributed by atoms with E-state index in [9.17, 15) is 14.9 Å². The average Bonchev–Trinajstić information content (AvgIpc) is 2.27. The van der Waals surface area contributed by atoms with Crippen LogP contribution >= 0.6 is 11.6 Å².